The smallest absolute Gasteiger partial charge is 0.315 e. The number of anilines is 2. The molecule has 1 aliphatic heterocycles. The summed E-state index contributed by atoms with van der Waals surface area (Å²) >= 11 is 5.72. The van der Waals surface area contributed by atoms with E-state index in [0.717, 1.165) is 0 Å². The summed E-state index contributed by atoms with van der Waals surface area (Å²) in [5, 5.41) is -0.409. The molecule has 7 nitrogen and oxygen atoms in total. The van der Waals surface area contributed by atoms with Gasteiger partial charge < -0.3 is 4.90 Å². The molecule has 1 amide bonds. The molecular formula is C15H12ClF3N4O3S. The number of alkyl halides is 3. The van der Waals surface area contributed by atoms with Crippen LogP contribution < -0.4 is 15.2 Å². The lowest BCUT2D eigenvalue weighted by atomic mass is 10.2. The molecule has 3 rings (SSSR count). The zero-order chi connectivity index (χ0) is 20.0. The van der Waals surface area contributed by atoms with E-state index in [9.17, 15) is 26.4 Å². The summed E-state index contributed by atoms with van der Waals surface area (Å²) in [5.41, 5.74) is 2.29. The Balaban J connectivity index is 1.79. The van der Waals surface area contributed by atoms with Crippen LogP contribution in [0.15, 0.2) is 35.4 Å². The van der Waals surface area contributed by atoms with Gasteiger partial charge in [-0.3, -0.25) is 10.2 Å². The highest BCUT2D eigenvalue weighted by Gasteiger charge is 2.32. The first-order valence-corrected chi connectivity index (χ1v) is 9.25. The van der Waals surface area contributed by atoms with Crippen molar-refractivity contribution in [2.75, 3.05) is 17.4 Å². The van der Waals surface area contributed by atoms with Gasteiger partial charge in [0, 0.05) is 18.9 Å². The average Bonchev–Trinajstić information content (AvgIpc) is 2.87. The van der Waals surface area contributed by atoms with Gasteiger partial charge in [-0.2, -0.15) is 13.2 Å². The third-order valence-electron chi connectivity index (χ3n) is 3.91. The first-order valence-electron chi connectivity index (χ1n) is 7.39. The van der Waals surface area contributed by atoms with Crippen LogP contribution in [0.3, 0.4) is 0 Å². The van der Waals surface area contributed by atoms with E-state index in [4.69, 9.17) is 11.6 Å². The van der Waals surface area contributed by atoms with Gasteiger partial charge in [0.2, 0.25) is 5.91 Å². The van der Waals surface area contributed by atoms with Crippen molar-refractivity contribution < 1.29 is 26.4 Å². The summed E-state index contributed by atoms with van der Waals surface area (Å²) in [7, 11) is -2.50. The number of hydrogen-bond acceptors (Lipinski definition) is 5. The highest BCUT2D eigenvalue weighted by atomic mass is 35.5. The fourth-order valence-electron chi connectivity index (χ4n) is 2.47. The Labute approximate surface area is 157 Å². The molecule has 1 aliphatic rings. The Morgan fingerprint density at radius 2 is 1.96 bits per heavy atom. The molecule has 0 atom stereocenters. The quantitative estimate of drug-likeness (QED) is 0.742. The van der Waals surface area contributed by atoms with Crippen molar-refractivity contribution in [3.63, 3.8) is 0 Å². The zero-order valence-corrected chi connectivity index (χ0v) is 15.2. The van der Waals surface area contributed by atoms with Gasteiger partial charge in [-0.15, -0.1) is 4.83 Å². The van der Waals surface area contributed by atoms with Crippen molar-refractivity contribution in [2.24, 2.45) is 0 Å². The Kier molecular flexibility index (Phi) is 4.78. The fraction of sp³-hybridized carbons (Fsp3) is 0.200. The molecule has 0 fully saturated rings. The maximum absolute atomic E-state index is 12.6. The van der Waals surface area contributed by atoms with Crippen LogP contribution in [0.2, 0.25) is 5.02 Å². The van der Waals surface area contributed by atoms with Crippen LogP contribution in [-0.2, 0) is 27.4 Å². The molecule has 0 saturated carbocycles. The van der Waals surface area contributed by atoms with E-state index in [1.54, 1.807) is 7.05 Å². The molecule has 0 aliphatic carbocycles. The molecule has 0 spiro atoms. The molecule has 0 unspecified atom stereocenters. The number of hydrogen-bond donors (Lipinski definition) is 2. The predicted octanol–water partition coefficient (Wildman–Crippen LogP) is 2.58. The zero-order valence-electron chi connectivity index (χ0n) is 13.6. The predicted molar refractivity (Wildman–Crippen MR) is 91.7 cm³/mol. The van der Waals surface area contributed by atoms with Crippen LogP contribution in [0.1, 0.15) is 11.1 Å². The Morgan fingerprint density at radius 3 is 2.59 bits per heavy atom. The van der Waals surface area contributed by atoms with Crippen LogP contribution in [0.4, 0.5) is 24.7 Å². The number of rotatable bonds is 4. The summed E-state index contributed by atoms with van der Waals surface area (Å²) in [6, 6.07) is 4.78. The number of aromatic nitrogens is 1. The molecule has 2 heterocycles. The van der Waals surface area contributed by atoms with Gasteiger partial charge in [0.25, 0.3) is 10.0 Å². The first-order chi connectivity index (χ1) is 12.5. The van der Waals surface area contributed by atoms with Crippen molar-refractivity contribution in [3.05, 3.63) is 46.6 Å². The van der Waals surface area contributed by atoms with Crippen LogP contribution in [0, 0.1) is 0 Å². The van der Waals surface area contributed by atoms with E-state index < -0.39 is 26.8 Å². The van der Waals surface area contributed by atoms with E-state index in [2.05, 4.69) is 10.4 Å². The lowest BCUT2D eigenvalue weighted by Gasteiger charge is -2.13. The molecule has 2 N–H and O–H groups in total. The molecular weight excluding hydrogens is 409 g/mol. The molecule has 1 aromatic carbocycles. The molecule has 0 radical (unpaired) electrons. The maximum Gasteiger partial charge on any atom is 0.417 e. The first kappa shape index (κ1) is 19.4. The van der Waals surface area contributed by atoms with Crippen LogP contribution >= 0.6 is 11.6 Å². The normalized spacial score (nSPS) is 14.4. The van der Waals surface area contributed by atoms with Gasteiger partial charge in [0.05, 0.1) is 21.9 Å². The van der Waals surface area contributed by atoms with Gasteiger partial charge in [0.1, 0.15) is 0 Å². The minimum absolute atomic E-state index is 0.0783. The molecule has 0 saturated heterocycles. The number of sulfonamides is 1. The summed E-state index contributed by atoms with van der Waals surface area (Å²) in [6.07, 6.45) is -4.02. The third kappa shape index (κ3) is 3.84. The average molecular weight is 421 g/mol. The van der Waals surface area contributed by atoms with Gasteiger partial charge in [-0.25, -0.2) is 13.4 Å². The highest BCUT2D eigenvalue weighted by molar-refractivity contribution is 7.89. The number of hydrazine groups is 1. The maximum atomic E-state index is 12.6. The standard InChI is InChI=1S/C15H12ClF3N4O3S/c1-23-12-3-2-10(4-8(12)5-13(23)24)27(25,26)22-21-14-11(16)6-9(7-20-14)15(17,18)19/h2-4,6-7,22H,5H2,1H3,(H,20,21). The lowest BCUT2D eigenvalue weighted by molar-refractivity contribution is -0.137. The van der Waals surface area contributed by atoms with Crippen molar-refractivity contribution in [2.45, 2.75) is 17.5 Å². The molecule has 1 aromatic heterocycles. The van der Waals surface area contributed by atoms with Crippen molar-refractivity contribution in [1.82, 2.24) is 9.82 Å². The minimum atomic E-state index is -4.62. The minimum Gasteiger partial charge on any atom is -0.315 e. The molecule has 0 bridgehead atoms. The number of fused-ring (bicyclic) bond motifs is 1. The summed E-state index contributed by atoms with van der Waals surface area (Å²) in [4.78, 5) is 18.5. The van der Waals surface area contributed by atoms with Crippen LogP contribution in [0.25, 0.3) is 0 Å². The molecule has 2 aromatic rings. The second-order valence-electron chi connectivity index (χ2n) is 5.70. The second kappa shape index (κ2) is 6.66. The Hall–Kier alpha value is -2.37. The van der Waals surface area contributed by atoms with Crippen LogP contribution in [0.5, 0.6) is 0 Å². The number of nitrogens with zero attached hydrogens (tertiary/aromatic N) is 2. The number of carbonyl (C=O) groups excluding carboxylic acids is 1. The second-order valence-corrected chi connectivity index (χ2v) is 7.79. The van der Waals surface area contributed by atoms with E-state index >= 15 is 0 Å². The van der Waals surface area contributed by atoms with E-state index in [1.807, 2.05) is 4.83 Å². The summed E-state index contributed by atoms with van der Waals surface area (Å²) < 4.78 is 62.6. The summed E-state index contributed by atoms with van der Waals surface area (Å²) in [5.74, 6) is -0.448. The highest BCUT2D eigenvalue weighted by Crippen LogP contribution is 2.32. The van der Waals surface area contributed by atoms with Crippen molar-refractivity contribution in [1.29, 1.82) is 0 Å². The van der Waals surface area contributed by atoms with E-state index in [-0.39, 0.29) is 23.0 Å². The van der Waals surface area contributed by atoms with Crippen molar-refractivity contribution >= 4 is 39.0 Å². The molecule has 12 heteroatoms. The van der Waals surface area contributed by atoms with Gasteiger partial charge in [0.15, 0.2) is 5.82 Å². The van der Waals surface area contributed by atoms with E-state index in [1.165, 1.54) is 23.1 Å². The fourth-order valence-corrected chi connectivity index (χ4v) is 3.58. The van der Waals surface area contributed by atoms with Crippen LogP contribution in [-0.4, -0.2) is 26.4 Å². The van der Waals surface area contributed by atoms with Gasteiger partial charge >= 0.3 is 6.18 Å². The largest absolute Gasteiger partial charge is 0.417 e. The monoisotopic (exact) mass is 420 g/mol. The topological polar surface area (TPSA) is 91.4 Å². The third-order valence-corrected chi connectivity index (χ3v) is 5.44. The number of pyridine rings is 1. The van der Waals surface area contributed by atoms with Gasteiger partial charge in [-0.1, -0.05) is 11.6 Å². The SMILES string of the molecule is CN1C(=O)Cc2cc(S(=O)(=O)NNc3ncc(C(F)(F)F)cc3Cl)ccc21. The molecule has 27 heavy (non-hydrogen) atoms. The Morgan fingerprint density at radius 1 is 1.26 bits per heavy atom. The Bertz CT molecular complexity index is 1030. The number of nitrogens with one attached hydrogen (secondary N) is 2. The lowest BCUT2D eigenvalue weighted by Crippen LogP contribution is -2.30. The number of amides is 1. The number of carbonyl (C=O) groups is 1. The molecule has 144 valence electrons. The number of benzene rings is 1. The van der Waals surface area contributed by atoms with Crippen molar-refractivity contribution in [3.8, 4) is 0 Å². The van der Waals surface area contributed by atoms with Gasteiger partial charge in [-0.05, 0) is 29.8 Å². The number of likely N-dealkylation sites (N-methyl/N-ethyl adjacent to an activating group) is 1. The summed E-state index contributed by atoms with van der Waals surface area (Å²) in [6.45, 7) is 0. The number of halogens is 4. The van der Waals surface area contributed by atoms with E-state index in [0.29, 0.717) is 23.5 Å².